The summed E-state index contributed by atoms with van der Waals surface area (Å²) in [6, 6.07) is 0.316. The SMILES string of the molecule is CCOC(=O)N[C@@H]1CN2CCC1CC2. The van der Waals surface area contributed by atoms with Crippen molar-refractivity contribution < 1.29 is 9.53 Å². The number of ether oxygens (including phenoxy) is 1. The molecule has 80 valence electrons. The first-order valence-corrected chi connectivity index (χ1v) is 5.45. The fraction of sp³-hybridized carbons (Fsp3) is 0.900. The number of fused-ring (bicyclic) bond motifs is 3. The highest BCUT2D eigenvalue weighted by Gasteiger charge is 2.34. The van der Waals surface area contributed by atoms with Gasteiger partial charge in [-0.1, -0.05) is 0 Å². The molecule has 0 aromatic rings. The molecule has 14 heavy (non-hydrogen) atoms. The molecule has 0 saturated carbocycles. The summed E-state index contributed by atoms with van der Waals surface area (Å²) in [6.45, 7) is 5.68. The third-order valence-electron chi connectivity index (χ3n) is 3.23. The molecule has 3 heterocycles. The Bertz CT molecular complexity index is 212. The molecule has 0 aliphatic carbocycles. The average Bonchev–Trinajstić information content (AvgIpc) is 2.19. The van der Waals surface area contributed by atoms with Crippen LogP contribution >= 0.6 is 0 Å². The van der Waals surface area contributed by atoms with Crippen molar-refractivity contribution in [3.05, 3.63) is 0 Å². The van der Waals surface area contributed by atoms with Crippen molar-refractivity contribution in [2.45, 2.75) is 25.8 Å². The Balaban J connectivity index is 1.83. The van der Waals surface area contributed by atoms with Crippen LogP contribution in [0.4, 0.5) is 4.79 Å². The molecule has 4 heteroatoms. The van der Waals surface area contributed by atoms with Crippen molar-refractivity contribution in [1.82, 2.24) is 10.2 Å². The van der Waals surface area contributed by atoms with E-state index in [1.54, 1.807) is 0 Å². The van der Waals surface area contributed by atoms with Gasteiger partial charge >= 0.3 is 6.09 Å². The maximum Gasteiger partial charge on any atom is 0.407 e. The number of carbonyl (C=O) groups excluding carboxylic acids is 1. The van der Waals surface area contributed by atoms with Crippen LogP contribution in [-0.4, -0.2) is 43.3 Å². The lowest BCUT2D eigenvalue weighted by molar-refractivity contribution is 0.0664. The zero-order valence-corrected chi connectivity index (χ0v) is 8.66. The van der Waals surface area contributed by atoms with Gasteiger partial charge in [-0.25, -0.2) is 4.79 Å². The van der Waals surface area contributed by atoms with Gasteiger partial charge in [0.2, 0.25) is 0 Å². The number of hydrogen-bond acceptors (Lipinski definition) is 3. The molecule has 0 spiro atoms. The molecule has 3 saturated heterocycles. The number of amides is 1. The quantitative estimate of drug-likeness (QED) is 0.714. The van der Waals surface area contributed by atoms with Crippen LogP contribution in [0.5, 0.6) is 0 Å². The number of nitrogens with one attached hydrogen (secondary N) is 1. The molecule has 0 unspecified atom stereocenters. The summed E-state index contributed by atoms with van der Waals surface area (Å²) >= 11 is 0. The molecular formula is C10H18N2O2. The third-order valence-corrected chi connectivity index (χ3v) is 3.23. The van der Waals surface area contributed by atoms with Gasteiger partial charge in [-0.3, -0.25) is 0 Å². The largest absolute Gasteiger partial charge is 0.450 e. The maximum absolute atomic E-state index is 11.2. The highest BCUT2D eigenvalue weighted by molar-refractivity contribution is 5.67. The lowest BCUT2D eigenvalue weighted by Gasteiger charge is -2.44. The summed E-state index contributed by atoms with van der Waals surface area (Å²) in [5.41, 5.74) is 0. The van der Waals surface area contributed by atoms with E-state index >= 15 is 0 Å². The first kappa shape index (κ1) is 9.77. The van der Waals surface area contributed by atoms with Crippen LogP contribution in [0.15, 0.2) is 0 Å². The van der Waals surface area contributed by atoms with Gasteiger partial charge in [0.25, 0.3) is 0 Å². The highest BCUT2D eigenvalue weighted by Crippen LogP contribution is 2.27. The van der Waals surface area contributed by atoms with Gasteiger partial charge < -0.3 is 15.0 Å². The molecule has 3 fully saturated rings. The van der Waals surface area contributed by atoms with E-state index in [1.165, 1.54) is 25.9 Å². The number of nitrogens with zero attached hydrogens (tertiary/aromatic N) is 1. The van der Waals surface area contributed by atoms with Gasteiger partial charge in [-0.05, 0) is 38.8 Å². The molecule has 0 aromatic carbocycles. The fourth-order valence-electron chi connectivity index (χ4n) is 2.45. The van der Waals surface area contributed by atoms with Gasteiger partial charge in [-0.15, -0.1) is 0 Å². The summed E-state index contributed by atoms with van der Waals surface area (Å²) in [6.07, 6.45) is 2.18. The topological polar surface area (TPSA) is 41.6 Å². The molecule has 3 aliphatic rings. The monoisotopic (exact) mass is 198 g/mol. The second kappa shape index (κ2) is 4.17. The minimum absolute atomic E-state index is 0.258. The van der Waals surface area contributed by atoms with Crippen LogP contribution in [0.25, 0.3) is 0 Å². The molecule has 3 rings (SSSR count). The zero-order chi connectivity index (χ0) is 9.97. The number of alkyl carbamates (subject to hydrolysis) is 1. The van der Waals surface area contributed by atoms with Crippen LogP contribution in [0.2, 0.25) is 0 Å². The molecule has 4 nitrogen and oxygen atoms in total. The van der Waals surface area contributed by atoms with Crippen molar-refractivity contribution in [3.63, 3.8) is 0 Å². The van der Waals surface area contributed by atoms with Gasteiger partial charge in [0.05, 0.1) is 6.61 Å². The summed E-state index contributed by atoms with van der Waals surface area (Å²) in [5, 5.41) is 2.95. The molecule has 2 bridgehead atoms. The van der Waals surface area contributed by atoms with E-state index in [1.807, 2.05) is 6.92 Å². The number of piperidine rings is 3. The Kier molecular flexibility index (Phi) is 2.91. The van der Waals surface area contributed by atoms with Crippen LogP contribution in [0.3, 0.4) is 0 Å². The second-order valence-corrected chi connectivity index (χ2v) is 4.11. The van der Waals surface area contributed by atoms with Gasteiger partial charge in [-0.2, -0.15) is 0 Å². The van der Waals surface area contributed by atoms with Crippen molar-refractivity contribution in [2.24, 2.45) is 5.92 Å². The van der Waals surface area contributed by atoms with E-state index in [0.717, 1.165) is 6.54 Å². The molecule has 0 aromatic heterocycles. The predicted octanol–water partition coefficient (Wildman–Crippen LogP) is 0.827. The van der Waals surface area contributed by atoms with E-state index in [4.69, 9.17) is 4.74 Å². The smallest absolute Gasteiger partial charge is 0.407 e. The average molecular weight is 198 g/mol. The van der Waals surface area contributed by atoms with E-state index in [2.05, 4.69) is 10.2 Å². The number of hydrogen-bond donors (Lipinski definition) is 1. The van der Waals surface area contributed by atoms with Gasteiger partial charge in [0.15, 0.2) is 0 Å². The van der Waals surface area contributed by atoms with Crippen LogP contribution < -0.4 is 5.32 Å². The molecule has 1 N–H and O–H groups in total. The Morgan fingerprint density at radius 2 is 2.21 bits per heavy atom. The van der Waals surface area contributed by atoms with E-state index in [0.29, 0.717) is 18.6 Å². The van der Waals surface area contributed by atoms with Crippen molar-refractivity contribution in [1.29, 1.82) is 0 Å². The molecule has 0 radical (unpaired) electrons. The Morgan fingerprint density at radius 1 is 1.50 bits per heavy atom. The first-order chi connectivity index (χ1) is 6.79. The summed E-state index contributed by atoms with van der Waals surface area (Å²) < 4.78 is 4.88. The Labute approximate surface area is 84.6 Å². The van der Waals surface area contributed by atoms with E-state index in [9.17, 15) is 4.79 Å². The van der Waals surface area contributed by atoms with Crippen molar-refractivity contribution in [3.8, 4) is 0 Å². The zero-order valence-electron chi connectivity index (χ0n) is 8.66. The van der Waals surface area contributed by atoms with Crippen LogP contribution in [-0.2, 0) is 4.74 Å². The molecule has 3 aliphatic heterocycles. The summed E-state index contributed by atoms with van der Waals surface area (Å²) in [5.74, 6) is 0.671. The first-order valence-electron chi connectivity index (χ1n) is 5.45. The maximum atomic E-state index is 11.2. The Hall–Kier alpha value is -0.770. The predicted molar refractivity (Wildman–Crippen MR) is 53.1 cm³/mol. The Morgan fingerprint density at radius 3 is 2.71 bits per heavy atom. The normalized spacial score (nSPS) is 35.4. The lowest BCUT2D eigenvalue weighted by Crippen LogP contribution is -2.57. The van der Waals surface area contributed by atoms with E-state index in [-0.39, 0.29) is 6.09 Å². The summed E-state index contributed by atoms with van der Waals surface area (Å²) in [7, 11) is 0. The standard InChI is InChI=1S/C10H18N2O2/c1-2-14-10(13)11-9-7-12-5-3-8(9)4-6-12/h8-9H,2-7H2,1H3,(H,11,13)/t9-/m1/s1. The minimum Gasteiger partial charge on any atom is -0.450 e. The van der Waals surface area contributed by atoms with Crippen LogP contribution in [0, 0.1) is 5.92 Å². The molecular weight excluding hydrogens is 180 g/mol. The number of carbonyl (C=O) groups is 1. The molecule has 1 amide bonds. The van der Waals surface area contributed by atoms with E-state index < -0.39 is 0 Å². The minimum atomic E-state index is -0.258. The van der Waals surface area contributed by atoms with Crippen molar-refractivity contribution in [2.75, 3.05) is 26.2 Å². The van der Waals surface area contributed by atoms with Crippen molar-refractivity contribution >= 4 is 6.09 Å². The lowest BCUT2D eigenvalue weighted by atomic mass is 9.84. The third kappa shape index (κ3) is 2.00. The fourth-order valence-corrected chi connectivity index (χ4v) is 2.45. The second-order valence-electron chi connectivity index (χ2n) is 4.11. The van der Waals surface area contributed by atoms with Gasteiger partial charge in [0.1, 0.15) is 0 Å². The summed E-state index contributed by atoms with van der Waals surface area (Å²) in [4.78, 5) is 13.6. The molecule has 1 atom stereocenters. The van der Waals surface area contributed by atoms with Gasteiger partial charge in [0, 0.05) is 12.6 Å². The highest BCUT2D eigenvalue weighted by atomic mass is 16.5. The van der Waals surface area contributed by atoms with Crippen LogP contribution in [0.1, 0.15) is 19.8 Å². The number of rotatable bonds is 2.